The molecule has 0 unspecified atom stereocenters. The molecule has 4 heteroatoms. The maximum Gasteiger partial charge on any atom is 0.300 e. The minimum absolute atomic E-state index is 0. The molecule has 16 heavy (non-hydrogen) atoms. The van der Waals surface area contributed by atoms with Crippen molar-refractivity contribution >= 4 is 5.97 Å². The van der Waals surface area contributed by atoms with E-state index in [1.54, 1.807) is 0 Å². The van der Waals surface area contributed by atoms with Crippen molar-refractivity contribution in [2.45, 2.75) is 66.3 Å². The van der Waals surface area contributed by atoms with Crippen molar-refractivity contribution in [3.63, 3.8) is 0 Å². The molecule has 6 N–H and O–H groups in total. The van der Waals surface area contributed by atoms with Crippen LogP contribution < -0.4 is 11.9 Å². The molecule has 0 saturated heterocycles. The Kier molecular flexibility index (Phi) is 11.1. The first kappa shape index (κ1) is 20.8. The summed E-state index contributed by atoms with van der Waals surface area (Å²) in [6.07, 6.45) is 3.78. The number of rotatable bonds is 4. The van der Waals surface area contributed by atoms with Crippen LogP contribution in [0.1, 0.15) is 60.8 Å². The van der Waals surface area contributed by atoms with Gasteiger partial charge in [0.1, 0.15) is 0 Å². The van der Waals surface area contributed by atoms with Crippen molar-refractivity contribution in [2.24, 2.45) is 11.1 Å². The van der Waals surface area contributed by atoms with Gasteiger partial charge in [-0.1, -0.05) is 33.6 Å². The molecule has 0 aromatic heterocycles. The second-order valence-corrected chi connectivity index (χ2v) is 5.23. The lowest BCUT2D eigenvalue weighted by atomic mass is 9.72. The van der Waals surface area contributed by atoms with Crippen LogP contribution in [0.15, 0.2) is 0 Å². The summed E-state index contributed by atoms with van der Waals surface area (Å²) in [5.41, 5.74) is 6.27. The van der Waals surface area contributed by atoms with Gasteiger partial charge in [-0.15, -0.1) is 0 Å². The highest BCUT2D eigenvalue weighted by atomic mass is 16.4. The van der Waals surface area contributed by atoms with Gasteiger partial charge in [0.2, 0.25) is 0 Å². The Labute approximate surface area is 100 Å². The van der Waals surface area contributed by atoms with Crippen molar-refractivity contribution in [1.29, 1.82) is 0 Å². The van der Waals surface area contributed by atoms with Crippen LogP contribution in [0.25, 0.3) is 0 Å². The highest BCUT2D eigenvalue weighted by molar-refractivity contribution is 5.62. The van der Waals surface area contributed by atoms with E-state index in [4.69, 9.17) is 15.6 Å². The van der Waals surface area contributed by atoms with Crippen LogP contribution in [0.5, 0.6) is 0 Å². The molecular formula is C12H30N2O2. The molecule has 0 rings (SSSR count). The lowest BCUT2D eigenvalue weighted by Crippen LogP contribution is -2.47. The van der Waals surface area contributed by atoms with Crippen LogP contribution in [0.3, 0.4) is 0 Å². The Hall–Kier alpha value is -0.610. The number of carboxylic acids is 1. The Balaban J connectivity index is -0.000000292. The molecule has 0 aromatic rings. The summed E-state index contributed by atoms with van der Waals surface area (Å²) in [7, 11) is 0. The molecule has 0 heterocycles. The summed E-state index contributed by atoms with van der Waals surface area (Å²) in [5.74, 6) is -0.833. The molecule has 0 fully saturated rings. The number of carbonyl (C=O) groups is 1. The molecule has 0 atom stereocenters. The smallest absolute Gasteiger partial charge is 0.300 e. The molecule has 0 aliphatic carbocycles. The number of aliphatic carboxylic acids is 1. The zero-order chi connectivity index (χ0) is 12.7. The van der Waals surface area contributed by atoms with E-state index in [-0.39, 0.29) is 17.1 Å². The third-order valence-electron chi connectivity index (χ3n) is 2.90. The zero-order valence-electron chi connectivity index (χ0n) is 11.8. The molecule has 0 amide bonds. The average Bonchev–Trinajstić information content (AvgIpc) is 1.97. The minimum atomic E-state index is -0.833. The first-order valence-corrected chi connectivity index (χ1v) is 5.53. The van der Waals surface area contributed by atoms with Crippen molar-refractivity contribution in [2.75, 3.05) is 0 Å². The van der Waals surface area contributed by atoms with Crippen molar-refractivity contribution in [1.82, 2.24) is 6.15 Å². The van der Waals surface area contributed by atoms with Gasteiger partial charge in [-0.3, -0.25) is 4.79 Å². The standard InChI is InChI=1S/C10H23N.C2H4O2.H3N/c1-6-7-8-9(2,3)10(4,5)11;1-2(3)4;/h6-8,11H2,1-5H3;1H3,(H,3,4);1H3. The third-order valence-corrected chi connectivity index (χ3v) is 2.90. The Morgan fingerprint density at radius 1 is 1.25 bits per heavy atom. The van der Waals surface area contributed by atoms with Gasteiger partial charge in [0.15, 0.2) is 0 Å². The van der Waals surface area contributed by atoms with E-state index in [0.717, 1.165) is 6.92 Å². The van der Waals surface area contributed by atoms with Gasteiger partial charge in [-0.05, 0) is 25.7 Å². The Bertz CT molecular complexity index is 180. The van der Waals surface area contributed by atoms with E-state index in [0.29, 0.717) is 0 Å². The predicted molar refractivity (Wildman–Crippen MR) is 69.9 cm³/mol. The summed E-state index contributed by atoms with van der Waals surface area (Å²) in [5, 5.41) is 7.42. The summed E-state index contributed by atoms with van der Waals surface area (Å²) in [4.78, 5) is 9.00. The second-order valence-electron chi connectivity index (χ2n) is 5.23. The molecule has 0 aliphatic heterocycles. The topological polar surface area (TPSA) is 98.3 Å². The van der Waals surface area contributed by atoms with Crippen LogP contribution in [-0.4, -0.2) is 16.6 Å². The maximum atomic E-state index is 9.00. The largest absolute Gasteiger partial charge is 0.481 e. The molecule has 100 valence electrons. The van der Waals surface area contributed by atoms with Gasteiger partial charge < -0.3 is 17.0 Å². The molecule has 0 saturated carbocycles. The van der Waals surface area contributed by atoms with Gasteiger partial charge in [0.05, 0.1) is 0 Å². The number of carboxylic acid groups (broad SMARTS) is 1. The minimum Gasteiger partial charge on any atom is -0.481 e. The van der Waals surface area contributed by atoms with E-state index in [2.05, 4.69) is 34.6 Å². The normalized spacial score (nSPS) is 10.9. The maximum absolute atomic E-state index is 9.00. The molecular weight excluding hydrogens is 204 g/mol. The number of unbranched alkanes of at least 4 members (excludes halogenated alkanes) is 1. The predicted octanol–water partition coefficient (Wildman–Crippen LogP) is 3.19. The molecule has 0 spiro atoms. The van der Waals surface area contributed by atoms with E-state index >= 15 is 0 Å². The van der Waals surface area contributed by atoms with Crippen molar-refractivity contribution < 1.29 is 9.90 Å². The SMILES string of the molecule is CC(=O)O.CCCCC(C)(C)C(C)(C)N.N. The lowest BCUT2D eigenvalue weighted by molar-refractivity contribution is -0.134. The first-order valence-electron chi connectivity index (χ1n) is 5.53. The fraction of sp³-hybridized carbons (Fsp3) is 0.917. The highest BCUT2D eigenvalue weighted by Gasteiger charge is 2.32. The highest BCUT2D eigenvalue weighted by Crippen LogP contribution is 2.33. The van der Waals surface area contributed by atoms with E-state index in [9.17, 15) is 0 Å². The summed E-state index contributed by atoms with van der Waals surface area (Å²) in [6, 6.07) is 0. The molecule has 4 nitrogen and oxygen atoms in total. The quantitative estimate of drug-likeness (QED) is 0.695. The van der Waals surface area contributed by atoms with E-state index in [1.807, 2.05) is 0 Å². The van der Waals surface area contributed by atoms with Gasteiger partial charge in [0, 0.05) is 12.5 Å². The molecule has 0 bridgehead atoms. The number of hydrogen-bond donors (Lipinski definition) is 3. The molecule has 0 aliphatic rings. The van der Waals surface area contributed by atoms with Gasteiger partial charge in [-0.25, -0.2) is 0 Å². The first-order chi connectivity index (χ1) is 6.54. The van der Waals surface area contributed by atoms with Crippen LogP contribution in [0, 0.1) is 5.41 Å². The number of hydrogen-bond acceptors (Lipinski definition) is 3. The summed E-state index contributed by atoms with van der Waals surface area (Å²) < 4.78 is 0. The summed E-state index contributed by atoms with van der Waals surface area (Å²) >= 11 is 0. The zero-order valence-corrected chi connectivity index (χ0v) is 11.8. The molecule has 0 radical (unpaired) electrons. The van der Waals surface area contributed by atoms with Crippen LogP contribution in [-0.2, 0) is 4.79 Å². The van der Waals surface area contributed by atoms with Crippen molar-refractivity contribution in [3.8, 4) is 0 Å². The van der Waals surface area contributed by atoms with E-state index < -0.39 is 5.97 Å². The summed E-state index contributed by atoms with van der Waals surface area (Å²) in [6.45, 7) is 12.0. The second kappa shape index (κ2) is 8.53. The van der Waals surface area contributed by atoms with Crippen LogP contribution in [0.2, 0.25) is 0 Å². The van der Waals surface area contributed by atoms with Crippen LogP contribution in [0.4, 0.5) is 0 Å². The fourth-order valence-electron chi connectivity index (χ4n) is 0.941. The lowest BCUT2D eigenvalue weighted by Gasteiger charge is -2.38. The Morgan fingerprint density at radius 2 is 1.56 bits per heavy atom. The van der Waals surface area contributed by atoms with Gasteiger partial charge >= 0.3 is 0 Å². The third kappa shape index (κ3) is 11.5. The van der Waals surface area contributed by atoms with Crippen LogP contribution >= 0.6 is 0 Å². The fourth-order valence-corrected chi connectivity index (χ4v) is 0.941. The molecule has 0 aromatic carbocycles. The monoisotopic (exact) mass is 234 g/mol. The van der Waals surface area contributed by atoms with Gasteiger partial charge in [-0.2, -0.15) is 0 Å². The van der Waals surface area contributed by atoms with E-state index in [1.165, 1.54) is 19.3 Å². The Morgan fingerprint density at radius 3 is 1.75 bits per heavy atom. The number of nitrogens with two attached hydrogens (primary N) is 1. The van der Waals surface area contributed by atoms with Gasteiger partial charge in [0.25, 0.3) is 5.97 Å². The average molecular weight is 234 g/mol. The van der Waals surface area contributed by atoms with Crippen molar-refractivity contribution in [3.05, 3.63) is 0 Å².